The summed E-state index contributed by atoms with van der Waals surface area (Å²) in [5.41, 5.74) is 1.46. The Bertz CT molecular complexity index is 791. The van der Waals surface area contributed by atoms with Crippen LogP contribution in [-0.2, 0) is 14.4 Å². The van der Waals surface area contributed by atoms with E-state index in [-0.39, 0.29) is 23.8 Å². The van der Waals surface area contributed by atoms with Crippen molar-refractivity contribution >= 4 is 23.2 Å². The zero-order valence-corrected chi connectivity index (χ0v) is 14.2. The predicted molar refractivity (Wildman–Crippen MR) is 94.8 cm³/mol. The number of rotatable bonds is 3. The van der Waals surface area contributed by atoms with E-state index in [9.17, 15) is 9.59 Å². The Labute approximate surface area is 146 Å². The van der Waals surface area contributed by atoms with E-state index in [4.69, 9.17) is 4.84 Å². The molecular formula is C20H20N2O3. The fourth-order valence-electron chi connectivity index (χ4n) is 3.77. The van der Waals surface area contributed by atoms with Crippen LogP contribution in [0.15, 0.2) is 60.7 Å². The largest absolute Gasteiger partial charge is 0.273 e. The normalized spacial score (nSPS) is 25.8. The molecule has 4 rings (SSSR count). The van der Waals surface area contributed by atoms with E-state index in [1.165, 1.54) is 4.90 Å². The van der Waals surface area contributed by atoms with Gasteiger partial charge in [0.25, 0.3) is 5.91 Å². The summed E-state index contributed by atoms with van der Waals surface area (Å²) in [5, 5.41) is 1.75. The molecule has 0 bridgehead atoms. The molecule has 2 fully saturated rings. The van der Waals surface area contributed by atoms with Gasteiger partial charge in [-0.3, -0.25) is 14.4 Å². The van der Waals surface area contributed by atoms with Crippen molar-refractivity contribution in [3.8, 4) is 0 Å². The highest BCUT2D eigenvalue weighted by molar-refractivity contribution is 6.23. The molecule has 0 spiro atoms. The van der Waals surface area contributed by atoms with E-state index >= 15 is 0 Å². The smallest absolute Gasteiger partial charge is 0.266 e. The molecule has 3 atom stereocenters. The van der Waals surface area contributed by atoms with Crippen LogP contribution in [0.3, 0.4) is 0 Å². The minimum absolute atomic E-state index is 0.155. The SMILES string of the molecule is CC(C)C1C2C(=O)N(c3ccccc3)C(=O)C2ON1c1ccccc1. The fraction of sp³-hybridized carbons (Fsp3) is 0.300. The number of carbonyl (C=O) groups is 2. The van der Waals surface area contributed by atoms with Crippen molar-refractivity contribution in [2.75, 3.05) is 9.96 Å². The lowest BCUT2D eigenvalue weighted by molar-refractivity contribution is -0.126. The summed E-state index contributed by atoms with van der Waals surface area (Å²) in [4.78, 5) is 33.3. The van der Waals surface area contributed by atoms with Crippen LogP contribution in [0, 0.1) is 11.8 Å². The summed E-state index contributed by atoms with van der Waals surface area (Å²) in [7, 11) is 0. The fourth-order valence-corrected chi connectivity index (χ4v) is 3.77. The number of amides is 2. The quantitative estimate of drug-likeness (QED) is 0.809. The topological polar surface area (TPSA) is 49.9 Å². The third-order valence-electron chi connectivity index (χ3n) is 4.87. The maximum absolute atomic E-state index is 13.1. The molecular weight excluding hydrogens is 316 g/mol. The second-order valence-electron chi connectivity index (χ2n) is 6.80. The summed E-state index contributed by atoms with van der Waals surface area (Å²) in [5.74, 6) is -0.806. The summed E-state index contributed by atoms with van der Waals surface area (Å²) >= 11 is 0. The first-order valence-electron chi connectivity index (χ1n) is 8.53. The second-order valence-corrected chi connectivity index (χ2v) is 6.80. The first-order chi connectivity index (χ1) is 12.1. The molecule has 2 amide bonds. The van der Waals surface area contributed by atoms with Gasteiger partial charge >= 0.3 is 0 Å². The molecule has 0 saturated carbocycles. The Kier molecular flexibility index (Phi) is 3.81. The van der Waals surface area contributed by atoms with Gasteiger partial charge in [0, 0.05) is 0 Å². The lowest BCUT2D eigenvalue weighted by Crippen LogP contribution is -2.43. The molecule has 3 unspecified atom stereocenters. The number of nitrogens with zero attached hydrogens (tertiary/aromatic N) is 2. The molecule has 128 valence electrons. The molecule has 5 nitrogen and oxygen atoms in total. The van der Waals surface area contributed by atoms with Gasteiger partial charge in [-0.2, -0.15) is 0 Å². The van der Waals surface area contributed by atoms with Gasteiger partial charge in [0.2, 0.25) is 5.91 Å². The van der Waals surface area contributed by atoms with Crippen LogP contribution in [0.4, 0.5) is 11.4 Å². The molecule has 0 N–H and O–H groups in total. The number of hydroxylamine groups is 1. The summed E-state index contributed by atoms with van der Waals surface area (Å²) in [6.07, 6.45) is -0.764. The van der Waals surface area contributed by atoms with E-state index in [0.717, 1.165) is 5.69 Å². The van der Waals surface area contributed by atoms with Crippen molar-refractivity contribution in [2.45, 2.75) is 26.0 Å². The van der Waals surface area contributed by atoms with Gasteiger partial charge in [0.15, 0.2) is 6.10 Å². The standard InChI is InChI=1S/C20H20N2O3/c1-13(2)17-16-18(25-22(17)15-11-7-4-8-12-15)20(24)21(19(16)23)14-9-5-3-6-10-14/h3-13,16-18H,1-2H3. The lowest BCUT2D eigenvalue weighted by Gasteiger charge is -2.30. The van der Waals surface area contributed by atoms with Crippen molar-refractivity contribution < 1.29 is 14.4 Å². The van der Waals surface area contributed by atoms with Crippen molar-refractivity contribution in [2.24, 2.45) is 11.8 Å². The van der Waals surface area contributed by atoms with Gasteiger partial charge in [0.1, 0.15) is 0 Å². The summed E-state index contributed by atoms with van der Waals surface area (Å²) < 4.78 is 0. The molecule has 2 aromatic rings. The number of benzene rings is 2. The van der Waals surface area contributed by atoms with Gasteiger partial charge in [-0.1, -0.05) is 50.2 Å². The number of imide groups is 1. The lowest BCUT2D eigenvalue weighted by atomic mass is 9.88. The third kappa shape index (κ3) is 2.43. The summed E-state index contributed by atoms with van der Waals surface area (Å²) in [6.45, 7) is 4.10. The van der Waals surface area contributed by atoms with Crippen LogP contribution in [0.2, 0.25) is 0 Å². The Morgan fingerprint density at radius 3 is 1.96 bits per heavy atom. The number of carbonyl (C=O) groups excluding carboxylic acids is 2. The van der Waals surface area contributed by atoms with Gasteiger partial charge in [0.05, 0.1) is 23.3 Å². The molecule has 2 heterocycles. The molecule has 5 heteroatoms. The van der Waals surface area contributed by atoms with Crippen LogP contribution in [0.5, 0.6) is 0 Å². The first-order valence-corrected chi connectivity index (χ1v) is 8.53. The van der Waals surface area contributed by atoms with E-state index < -0.39 is 12.0 Å². The minimum Gasteiger partial charge on any atom is -0.273 e. The zero-order valence-electron chi connectivity index (χ0n) is 14.2. The van der Waals surface area contributed by atoms with Gasteiger partial charge < -0.3 is 0 Å². The van der Waals surface area contributed by atoms with Gasteiger partial charge in [-0.05, 0) is 30.2 Å². The maximum Gasteiger partial charge on any atom is 0.266 e. The number of anilines is 2. The average Bonchev–Trinajstić information content (AvgIpc) is 3.13. The Balaban J connectivity index is 1.71. The Hall–Kier alpha value is -2.66. The van der Waals surface area contributed by atoms with Crippen LogP contribution < -0.4 is 9.96 Å². The maximum atomic E-state index is 13.1. The molecule has 2 aliphatic heterocycles. The summed E-state index contributed by atoms with van der Waals surface area (Å²) in [6, 6.07) is 18.5. The average molecular weight is 336 g/mol. The van der Waals surface area contributed by atoms with E-state index in [1.807, 2.05) is 48.5 Å². The highest BCUT2D eigenvalue weighted by Crippen LogP contribution is 2.42. The van der Waals surface area contributed by atoms with E-state index in [2.05, 4.69) is 13.8 Å². The third-order valence-corrected chi connectivity index (χ3v) is 4.87. The van der Waals surface area contributed by atoms with E-state index in [0.29, 0.717) is 5.69 Å². The molecule has 2 aliphatic rings. The zero-order chi connectivity index (χ0) is 17.6. The molecule has 2 aromatic carbocycles. The predicted octanol–water partition coefficient (Wildman–Crippen LogP) is 3.02. The van der Waals surface area contributed by atoms with E-state index in [1.54, 1.807) is 17.2 Å². The molecule has 0 aliphatic carbocycles. The number of fused-ring (bicyclic) bond motifs is 1. The van der Waals surface area contributed by atoms with Crippen LogP contribution in [-0.4, -0.2) is 24.0 Å². The van der Waals surface area contributed by atoms with Crippen LogP contribution in [0.1, 0.15) is 13.8 Å². The highest BCUT2D eigenvalue weighted by atomic mass is 16.7. The second kappa shape index (κ2) is 6.01. The van der Waals surface area contributed by atoms with Crippen molar-refractivity contribution in [1.82, 2.24) is 0 Å². The van der Waals surface area contributed by atoms with Gasteiger partial charge in [-0.15, -0.1) is 0 Å². The molecule has 2 saturated heterocycles. The minimum atomic E-state index is -0.764. The molecule has 0 radical (unpaired) electrons. The number of para-hydroxylation sites is 2. The van der Waals surface area contributed by atoms with Crippen molar-refractivity contribution in [1.29, 1.82) is 0 Å². The molecule has 25 heavy (non-hydrogen) atoms. The van der Waals surface area contributed by atoms with Crippen LogP contribution in [0.25, 0.3) is 0 Å². The van der Waals surface area contributed by atoms with Crippen molar-refractivity contribution in [3.05, 3.63) is 60.7 Å². The van der Waals surface area contributed by atoms with Crippen molar-refractivity contribution in [3.63, 3.8) is 0 Å². The van der Waals surface area contributed by atoms with Crippen LogP contribution >= 0.6 is 0 Å². The Morgan fingerprint density at radius 1 is 0.840 bits per heavy atom. The monoisotopic (exact) mass is 336 g/mol. The first kappa shape index (κ1) is 15.8. The van der Waals surface area contributed by atoms with Gasteiger partial charge in [-0.25, -0.2) is 9.96 Å². The number of hydrogen-bond donors (Lipinski definition) is 0. The Morgan fingerprint density at radius 2 is 1.40 bits per heavy atom. The highest BCUT2D eigenvalue weighted by Gasteiger charge is 2.60. The molecule has 0 aromatic heterocycles. The number of hydrogen-bond acceptors (Lipinski definition) is 4.